The fraction of sp³-hybridized carbons (Fsp3) is 0. The van der Waals surface area contributed by atoms with Crippen molar-refractivity contribution in [2.75, 3.05) is 0 Å². The first-order chi connectivity index (χ1) is 14.6. The number of phenolic OH excluding ortho intramolecular Hbond substituents is 2. The second-order valence-corrected chi connectivity index (χ2v) is 6.48. The van der Waals surface area contributed by atoms with Gasteiger partial charge in [-0.1, -0.05) is 48.5 Å². The summed E-state index contributed by atoms with van der Waals surface area (Å²) in [5.74, 6) is -0.909. The second-order valence-electron chi connectivity index (χ2n) is 6.48. The van der Waals surface area contributed by atoms with Crippen molar-refractivity contribution in [3.63, 3.8) is 0 Å². The van der Waals surface area contributed by atoms with Gasteiger partial charge in [0.15, 0.2) is 11.5 Å². The van der Waals surface area contributed by atoms with Crippen molar-refractivity contribution < 1.29 is 15.0 Å². The molecule has 0 aliphatic carbocycles. The molecule has 1 amide bonds. The van der Waals surface area contributed by atoms with E-state index in [9.17, 15) is 15.0 Å². The van der Waals surface area contributed by atoms with E-state index in [1.807, 2.05) is 60.7 Å². The maximum atomic E-state index is 12.8. The molecule has 7 nitrogen and oxygen atoms in total. The molecule has 0 aliphatic heterocycles. The van der Waals surface area contributed by atoms with Gasteiger partial charge in [-0.2, -0.15) is 10.2 Å². The lowest BCUT2D eigenvalue weighted by atomic mass is 10.1. The van der Waals surface area contributed by atoms with E-state index in [1.54, 1.807) is 16.9 Å². The van der Waals surface area contributed by atoms with Gasteiger partial charge in [0.25, 0.3) is 5.91 Å². The quantitative estimate of drug-likeness (QED) is 0.271. The summed E-state index contributed by atoms with van der Waals surface area (Å²) in [4.78, 5) is 12.8. The third kappa shape index (κ3) is 4.05. The van der Waals surface area contributed by atoms with Crippen LogP contribution in [0, 0.1) is 0 Å². The van der Waals surface area contributed by atoms with Gasteiger partial charge in [0.2, 0.25) is 0 Å². The molecule has 4 aromatic rings. The Morgan fingerprint density at radius 2 is 1.63 bits per heavy atom. The van der Waals surface area contributed by atoms with E-state index < -0.39 is 5.91 Å². The summed E-state index contributed by atoms with van der Waals surface area (Å²) in [6.45, 7) is 0. The maximum Gasteiger partial charge on any atom is 0.275 e. The van der Waals surface area contributed by atoms with Gasteiger partial charge in [0.1, 0.15) is 5.69 Å². The van der Waals surface area contributed by atoms with E-state index >= 15 is 0 Å². The van der Waals surface area contributed by atoms with Crippen LogP contribution in [0.25, 0.3) is 16.9 Å². The van der Waals surface area contributed by atoms with E-state index in [4.69, 9.17) is 0 Å². The van der Waals surface area contributed by atoms with Gasteiger partial charge in [-0.15, -0.1) is 0 Å². The molecule has 0 unspecified atom stereocenters. The molecule has 0 atom stereocenters. The van der Waals surface area contributed by atoms with Crippen molar-refractivity contribution in [3.8, 4) is 28.4 Å². The molecule has 0 saturated carbocycles. The Bertz CT molecular complexity index is 1200. The molecule has 3 aromatic carbocycles. The van der Waals surface area contributed by atoms with Gasteiger partial charge in [-0.3, -0.25) is 4.79 Å². The van der Waals surface area contributed by atoms with Crippen LogP contribution in [-0.2, 0) is 0 Å². The largest absolute Gasteiger partial charge is 0.504 e. The number of aromatic hydroxyl groups is 2. The number of rotatable bonds is 5. The summed E-state index contributed by atoms with van der Waals surface area (Å²) in [7, 11) is 0. The number of phenols is 2. The highest BCUT2D eigenvalue weighted by molar-refractivity contribution is 6.00. The van der Waals surface area contributed by atoms with Crippen LogP contribution >= 0.6 is 0 Å². The molecule has 1 heterocycles. The number of nitrogens with one attached hydrogen (secondary N) is 1. The molecule has 3 N–H and O–H groups in total. The fourth-order valence-corrected chi connectivity index (χ4v) is 2.91. The summed E-state index contributed by atoms with van der Waals surface area (Å²) < 4.78 is 1.65. The second kappa shape index (κ2) is 8.32. The Balaban J connectivity index is 1.63. The summed E-state index contributed by atoms with van der Waals surface area (Å²) in [6, 6.07) is 23.2. The highest BCUT2D eigenvalue weighted by Crippen LogP contribution is 2.25. The minimum Gasteiger partial charge on any atom is -0.504 e. The highest BCUT2D eigenvalue weighted by atomic mass is 16.3. The zero-order valence-electron chi connectivity index (χ0n) is 15.8. The number of nitrogens with zero attached hydrogens (tertiary/aromatic N) is 3. The van der Waals surface area contributed by atoms with Crippen LogP contribution in [0.3, 0.4) is 0 Å². The molecule has 148 valence electrons. The number of carbonyl (C=O) groups is 1. The molecule has 1 aromatic heterocycles. The summed E-state index contributed by atoms with van der Waals surface area (Å²) in [5.41, 5.74) is 5.56. The number of hydrazone groups is 1. The first kappa shape index (κ1) is 18.9. The monoisotopic (exact) mass is 398 g/mol. The molecule has 0 bridgehead atoms. The topological polar surface area (TPSA) is 99.7 Å². The third-order valence-corrected chi connectivity index (χ3v) is 4.41. The molecule has 0 saturated heterocycles. The van der Waals surface area contributed by atoms with Crippen molar-refractivity contribution in [1.82, 2.24) is 15.2 Å². The molecule has 0 radical (unpaired) electrons. The van der Waals surface area contributed by atoms with E-state index in [2.05, 4.69) is 15.6 Å². The number of benzene rings is 3. The average Bonchev–Trinajstić information content (AvgIpc) is 3.23. The van der Waals surface area contributed by atoms with E-state index in [0.29, 0.717) is 16.8 Å². The van der Waals surface area contributed by atoms with Gasteiger partial charge in [0, 0.05) is 11.8 Å². The normalized spacial score (nSPS) is 10.9. The lowest BCUT2D eigenvalue weighted by Gasteiger charge is -2.01. The Kier molecular flexibility index (Phi) is 5.25. The number of hydrogen-bond acceptors (Lipinski definition) is 5. The van der Waals surface area contributed by atoms with Crippen molar-refractivity contribution in [2.45, 2.75) is 0 Å². The van der Waals surface area contributed by atoms with Crippen LogP contribution in [0.2, 0.25) is 0 Å². The lowest BCUT2D eigenvalue weighted by Crippen LogP contribution is -2.17. The van der Waals surface area contributed by atoms with Crippen molar-refractivity contribution in [3.05, 3.63) is 96.2 Å². The average molecular weight is 398 g/mol. The number of carbonyl (C=O) groups excluding carboxylic acids is 1. The van der Waals surface area contributed by atoms with Crippen molar-refractivity contribution in [1.29, 1.82) is 0 Å². The summed E-state index contributed by atoms with van der Waals surface area (Å²) >= 11 is 0. The Morgan fingerprint density at radius 1 is 0.933 bits per heavy atom. The van der Waals surface area contributed by atoms with Crippen LogP contribution in [0.5, 0.6) is 11.5 Å². The van der Waals surface area contributed by atoms with Gasteiger partial charge in [-0.05, 0) is 35.9 Å². The van der Waals surface area contributed by atoms with Gasteiger partial charge in [0.05, 0.1) is 17.5 Å². The maximum absolute atomic E-state index is 12.8. The highest BCUT2D eigenvalue weighted by Gasteiger charge is 2.18. The fourth-order valence-electron chi connectivity index (χ4n) is 2.91. The van der Waals surface area contributed by atoms with Crippen LogP contribution in [0.15, 0.2) is 90.2 Å². The van der Waals surface area contributed by atoms with E-state index in [-0.39, 0.29) is 11.5 Å². The number of hydrogen-bond donors (Lipinski definition) is 3. The van der Waals surface area contributed by atoms with Crippen LogP contribution in [-0.4, -0.2) is 32.1 Å². The molecular weight excluding hydrogens is 380 g/mol. The lowest BCUT2D eigenvalue weighted by molar-refractivity contribution is 0.0955. The van der Waals surface area contributed by atoms with Gasteiger partial charge < -0.3 is 10.2 Å². The molecule has 30 heavy (non-hydrogen) atoms. The minimum atomic E-state index is -0.421. The summed E-state index contributed by atoms with van der Waals surface area (Å²) in [6.07, 6.45) is 3.04. The van der Waals surface area contributed by atoms with Crippen LogP contribution < -0.4 is 5.43 Å². The zero-order valence-corrected chi connectivity index (χ0v) is 15.8. The third-order valence-electron chi connectivity index (χ3n) is 4.41. The Labute approximate surface area is 172 Å². The zero-order chi connectivity index (χ0) is 20.9. The van der Waals surface area contributed by atoms with Crippen LogP contribution in [0.4, 0.5) is 0 Å². The Hall–Kier alpha value is -4.39. The van der Waals surface area contributed by atoms with Crippen molar-refractivity contribution >= 4 is 12.1 Å². The van der Waals surface area contributed by atoms with Gasteiger partial charge >= 0.3 is 0 Å². The first-order valence-electron chi connectivity index (χ1n) is 9.18. The predicted octanol–water partition coefficient (Wildman–Crippen LogP) is 3.71. The molecule has 7 heteroatoms. The van der Waals surface area contributed by atoms with E-state index in [1.165, 1.54) is 18.3 Å². The van der Waals surface area contributed by atoms with E-state index in [0.717, 1.165) is 11.3 Å². The first-order valence-corrected chi connectivity index (χ1v) is 9.18. The number of amides is 1. The number of para-hydroxylation sites is 1. The molecule has 0 spiro atoms. The SMILES string of the molecule is O=C(N/N=C/c1ccc(O)c(O)c1)c1cn(-c2ccccc2)nc1-c1ccccc1. The summed E-state index contributed by atoms with van der Waals surface area (Å²) in [5, 5.41) is 27.5. The number of aromatic nitrogens is 2. The molecule has 0 aliphatic rings. The van der Waals surface area contributed by atoms with Crippen LogP contribution in [0.1, 0.15) is 15.9 Å². The minimum absolute atomic E-state index is 0.225. The standard InChI is InChI=1S/C23H18N4O3/c28-20-12-11-16(13-21(20)29)14-24-25-23(30)19-15-27(18-9-5-2-6-10-18)26-22(19)17-7-3-1-4-8-17/h1-15,28-29H,(H,25,30)/b24-14+. The van der Waals surface area contributed by atoms with Crippen molar-refractivity contribution in [2.24, 2.45) is 5.10 Å². The smallest absolute Gasteiger partial charge is 0.275 e. The molecule has 4 rings (SSSR count). The molecular formula is C23H18N4O3. The van der Waals surface area contributed by atoms with Gasteiger partial charge in [-0.25, -0.2) is 10.1 Å². The molecule has 0 fully saturated rings. The predicted molar refractivity (Wildman–Crippen MR) is 114 cm³/mol. The Morgan fingerprint density at radius 3 is 2.33 bits per heavy atom.